The van der Waals surface area contributed by atoms with Gasteiger partial charge in [0.15, 0.2) is 0 Å². The average molecular weight is 206 g/mol. The number of aliphatic carboxylic acids is 1. The van der Waals surface area contributed by atoms with E-state index in [1.54, 1.807) is 0 Å². The normalized spacial score (nSPS) is 10.8. The van der Waals surface area contributed by atoms with E-state index < -0.39 is 17.4 Å². The van der Waals surface area contributed by atoms with Gasteiger partial charge in [0.2, 0.25) is 0 Å². The van der Waals surface area contributed by atoms with E-state index in [1.807, 2.05) is 0 Å². The summed E-state index contributed by atoms with van der Waals surface area (Å²) in [5.74, 6) is -2.00. The van der Waals surface area contributed by atoms with Crippen molar-refractivity contribution in [2.45, 2.75) is 0 Å². The molecule has 5 heteroatoms. The largest absolute Gasteiger partial charge is 0.477 e. The predicted molar refractivity (Wildman–Crippen MR) is 52.0 cm³/mol. The number of nitrogen functional groups attached to an aromatic ring is 1. The highest BCUT2D eigenvalue weighted by Crippen LogP contribution is 2.14. The Labute approximate surface area is 85.1 Å². The molecule has 0 amide bonds. The third kappa shape index (κ3) is 2.54. The van der Waals surface area contributed by atoms with Crippen LogP contribution in [0.1, 0.15) is 5.56 Å². The van der Waals surface area contributed by atoms with Gasteiger partial charge in [-0.1, -0.05) is 6.07 Å². The monoisotopic (exact) mass is 206 g/mol. The predicted octanol–water partition coefficient (Wildman–Crippen LogP) is 1.40. The molecule has 1 aromatic rings. The molecule has 3 N–H and O–H groups in total. The Kier molecular flexibility index (Phi) is 3.03. The zero-order valence-corrected chi connectivity index (χ0v) is 7.57. The van der Waals surface area contributed by atoms with Crippen molar-refractivity contribution in [1.29, 1.82) is 5.26 Å². The number of benzene rings is 1. The summed E-state index contributed by atoms with van der Waals surface area (Å²) in [5, 5.41) is 17.0. The fraction of sp³-hybridized carbons (Fsp3) is 0. The minimum atomic E-state index is -1.35. The van der Waals surface area contributed by atoms with Crippen LogP contribution in [0.2, 0.25) is 0 Å². The lowest BCUT2D eigenvalue weighted by Crippen LogP contribution is -1.97. The Hall–Kier alpha value is -2.35. The molecule has 76 valence electrons. The summed E-state index contributed by atoms with van der Waals surface area (Å²) in [6.07, 6.45) is 1.07. The number of anilines is 1. The maximum absolute atomic E-state index is 13.0. The van der Waals surface area contributed by atoms with Crippen LogP contribution in [0.25, 0.3) is 6.08 Å². The smallest absolute Gasteiger partial charge is 0.346 e. The maximum atomic E-state index is 13.0. The Morgan fingerprint density at radius 1 is 1.60 bits per heavy atom. The Balaban J connectivity index is 3.14. The number of rotatable bonds is 2. The molecule has 0 atom stereocenters. The van der Waals surface area contributed by atoms with Crippen molar-refractivity contribution in [2.75, 3.05) is 5.73 Å². The van der Waals surface area contributed by atoms with Crippen LogP contribution in [0.5, 0.6) is 0 Å². The van der Waals surface area contributed by atoms with E-state index in [0.717, 1.165) is 12.1 Å². The highest BCUT2D eigenvalue weighted by molar-refractivity contribution is 5.96. The number of carboxylic acid groups (broad SMARTS) is 1. The number of hydrogen-bond acceptors (Lipinski definition) is 3. The summed E-state index contributed by atoms with van der Waals surface area (Å²) in [4.78, 5) is 10.5. The van der Waals surface area contributed by atoms with E-state index >= 15 is 0 Å². The Bertz CT molecular complexity index is 475. The molecular formula is C10H7FN2O2. The van der Waals surface area contributed by atoms with Crippen LogP contribution in [0.3, 0.4) is 0 Å². The second kappa shape index (κ2) is 4.24. The van der Waals surface area contributed by atoms with Gasteiger partial charge in [-0.05, 0) is 23.8 Å². The highest BCUT2D eigenvalue weighted by Gasteiger charge is 2.06. The number of halogens is 1. The van der Waals surface area contributed by atoms with Crippen LogP contribution in [0.4, 0.5) is 10.1 Å². The molecule has 0 unspecified atom stereocenters. The Morgan fingerprint density at radius 3 is 2.73 bits per heavy atom. The lowest BCUT2D eigenvalue weighted by molar-refractivity contribution is -0.132. The topological polar surface area (TPSA) is 87.1 Å². The van der Waals surface area contributed by atoms with E-state index in [2.05, 4.69) is 0 Å². The van der Waals surface area contributed by atoms with Crippen LogP contribution < -0.4 is 5.73 Å². The van der Waals surface area contributed by atoms with Gasteiger partial charge in [0.25, 0.3) is 0 Å². The highest BCUT2D eigenvalue weighted by atomic mass is 19.1. The third-order valence-corrected chi connectivity index (χ3v) is 1.69. The first kappa shape index (κ1) is 10.7. The van der Waals surface area contributed by atoms with Gasteiger partial charge in [-0.15, -0.1) is 0 Å². The molecule has 4 nitrogen and oxygen atoms in total. The van der Waals surface area contributed by atoms with Gasteiger partial charge in [-0.25, -0.2) is 9.18 Å². The molecule has 0 aliphatic rings. The van der Waals surface area contributed by atoms with Gasteiger partial charge in [0.05, 0.1) is 5.69 Å². The molecule has 0 aromatic heterocycles. The van der Waals surface area contributed by atoms with E-state index in [-0.39, 0.29) is 11.3 Å². The SMILES string of the molecule is N#CC(=Cc1ccc(N)c(F)c1)C(=O)O. The second-order valence-electron chi connectivity index (χ2n) is 2.76. The van der Waals surface area contributed by atoms with Crippen molar-refractivity contribution in [1.82, 2.24) is 0 Å². The van der Waals surface area contributed by atoms with Gasteiger partial charge in [-0.2, -0.15) is 5.26 Å². The minimum Gasteiger partial charge on any atom is -0.477 e. The van der Waals surface area contributed by atoms with Crippen molar-refractivity contribution < 1.29 is 14.3 Å². The molecular weight excluding hydrogens is 199 g/mol. The number of nitriles is 1. The molecule has 15 heavy (non-hydrogen) atoms. The van der Waals surface area contributed by atoms with E-state index in [1.165, 1.54) is 18.2 Å². The molecule has 0 spiro atoms. The standard InChI is InChI=1S/C10H7FN2O2/c11-8-4-6(1-2-9(8)13)3-7(5-12)10(14)15/h1-4H,13H2,(H,14,15). The van der Waals surface area contributed by atoms with Gasteiger partial charge in [-0.3, -0.25) is 0 Å². The minimum absolute atomic E-state index is 0.0269. The molecule has 0 radical (unpaired) electrons. The maximum Gasteiger partial charge on any atom is 0.346 e. The van der Waals surface area contributed by atoms with Crippen LogP contribution >= 0.6 is 0 Å². The second-order valence-corrected chi connectivity index (χ2v) is 2.76. The van der Waals surface area contributed by atoms with Gasteiger partial charge in [0, 0.05) is 0 Å². The molecule has 0 bridgehead atoms. The van der Waals surface area contributed by atoms with Crippen molar-refractivity contribution in [3.63, 3.8) is 0 Å². The van der Waals surface area contributed by atoms with Gasteiger partial charge in [0.1, 0.15) is 17.5 Å². The molecule has 1 rings (SSSR count). The van der Waals surface area contributed by atoms with E-state index in [0.29, 0.717) is 0 Å². The summed E-state index contributed by atoms with van der Waals surface area (Å²) in [7, 11) is 0. The zero-order valence-electron chi connectivity index (χ0n) is 7.57. The van der Waals surface area contributed by atoms with E-state index in [9.17, 15) is 9.18 Å². The van der Waals surface area contributed by atoms with Crippen LogP contribution in [-0.2, 0) is 4.79 Å². The average Bonchev–Trinajstić information content (AvgIpc) is 2.19. The first-order valence-corrected chi connectivity index (χ1v) is 3.94. The van der Waals surface area contributed by atoms with Crippen molar-refractivity contribution >= 4 is 17.7 Å². The molecule has 0 aliphatic carbocycles. The molecule has 0 saturated carbocycles. The fourth-order valence-corrected chi connectivity index (χ4v) is 0.942. The molecule has 0 fully saturated rings. The molecule has 0 heterocycles. The van der Waals surface area contributed by atoms with Gasteiger partial charge >= 0.3 is 5.97 Å². The quantitative estimate of drug-likeness (QED) is 0.435. The lowest BCUT2D eigenvalue weighted by Gasteiger charge is -1.98. The number of carboxylic acids is 1. The summed E-state index contributed by atoms with van der Waals surface area (Å²) in [6, 6.07) is 5.29. The van der Waals surface area contributed by atoms with Crippen LogP contribution in [-0.4, -0.2) is 11.1 Å². The molecule has 0 aliphatic heterocycles. The Morgan fingerprint density at radius 2 is 2.27 bits per heavy atom. The first-order valence-electron chi connectivity index (χ1n) is 3.94. The fourth-order valence-electron chi connectivity index (χ4n) is 0.942. The number of hydrogen-bond donors (Lipinski definition) is 2. The van der Waals surface area contributed by atoms with E-state index in [4.69, 9.17) is 16.1 Å². The number of nitrogens with zero attached hydrogens (tertiary/aromatic N) is 1. The lowest BCUT2D eigenvalue weighted by atomic mass is 10.1. The van der Waals surface area contributed by atoms with Crippen molar-refractivity contribution in [3.05, 3.63) is 35.2 Å². The summed E-state index contributed by atoms with van der Waals surface area (Å²) >= 11 is 0. The molecule has 1 aromatic carbocycles. The summed E-state index contributed by atoms with van der Waals surface area (Å²) in [6.45, 7) is 0. The zero-order chi connectivity index (χ0) is 11.4. The summed E-state index contributed by atoms with van der Waals surface area (Å²) < 4.78 is 13.0. The van der Waals surface area contributed by atoms with Gasteiger partial charge < -0.3 is 10.8 Å². The van der Waals surface area contributed by atoms with Crippen LogP contribution in [0.15, 0.2) is 23.8 Å². The van der Waals surface area contributed by atoms with Crippen molar-refractivity contribution in [3.8, 4) is 6.07 Å². The van der Waals surface area contributed by atoms with Crippen LogP contribution in [0, 0.1) is 17.1 Å². The van der Waals surface area contributed by atoms with Crippen molar-refractivity contribution in [2.24, 2.45) is 0 Å². The molecule has 0 saturated heterocycles. The number of nitrogens with two attached hydrogens (primary N) is 1. The number of carbonyl (C=O) groups is 1. The first-order chi connectivity index (χ1) is 7.04. The summed E-state index contributed by atoms with van der Waals surface area (Å²) in [5.41, 5.74) is 5.03. The third-order valence-electron chi connectivity index (χ3n) is 1.69.